The Morgan fingerprint density at radius 1 is 0.640 bits per heavy atom. The normalized spacial score (nSPS) is 10.7. The molecule has 3 aromatic carbocycles. The molecule has 0 spiro atoms. The molecular formula is C21H16N2O2. The van der Waals surface area contributed by atoms with Crippen LogP contribution in [0.25, 0.3) is 28.2 Å². The zero-order valence-electron chi connectivity index (χ0n) is 13.4. The van der Waals surface area contributed by atoms with E-state index in [-0.39, 0.29) is 11.5 Å². The van der Waals surface area contributed by atoms with Crippen molar-refractivity contribution in [2.75, 3.05) is 0 Å². The Morgan fingerprint density at radius 3 is 1.80 bits per heavy atom. The van der Waals surface area contributed by atoms with Crippen molar-refractivity contribution in [3.63, 3.8) is 0 Å². The van der Waals surface area contributed by atoms with E-state index in [9.17, 15) is 10.2 Å². The van der Waals surface area contributed by atoms with Crippen LogP contribution in [-0.2, 0) is 0 Å². The van der Waals surface area contributed by atoms with E-state index < -0.39 is 0 Å². The first-order chi connectivity index (χ1) is 12.2. The van der Waals surface area contributed by atoms with Gasteiger partial charge in [0.2, 0.25) is 0 Å². The Morgan fingerprint density at radius 2 is 1.20 bits per heavy atom. The zero-order chi connectivity index (χ0) is 17.2. The molecule has 0 aliphatic rings. The molecule has 2 N–H and O–H groups in total. The lowest BCUT2D eigenvalue weighted by Crippen LogP contribution is -1.98. The molecule has 4 rings (SSSR count). The van der Waals surface area contributed by atoms with Crippen molar-refractivity contribution in [1.82, 2.24) is 9.78 Å². The summed E-state index contributed by atoms with van der Waals surface area (Å²) in [4.78, 5) is 0. The summed E-state index contributed by atoms with van der Waals surface area (Å²) in [6.45, 7) is 0. The highest BCUT2D eigenvalue weighted by molar-refractivity contribution is 5.71. The van der Waals surface area contributed by atoms with Gasteiger partial charge >= 0.3 is 0 Å². The number of aromatic hydroxyl groups is 2. The molecule has 1 aromatic heterocycles. The number of benzene rings is 3. The minimum Gasteiger partial charge on any atom is -0.508 e. The zero-order valence-corrected chi connectivity index (χ0v) is 13.4. The summed E-state index contributed by atoms with van der Waals surface area (Å²) in [5, 5.41) is 23.8. The SMILES string of the molecule is Oc1ccc(-c2cc(-c3ccc(O)cc3)n(-c3ccccc3)n2)cc1. The fraction of sp³-hybridized carbons (Fsp3) is 0. The molecule has 1 heterocycles. The molecule has 0 bridgehead atoms. The van der Waals surface area contributed by atoms with E-state index in [1.54, 1.807) is 24.3 Å². The van der Waals surface area contributed by atoms with Crippen molar-refractivity contribution in [2.24, 2.45) is 0 Å². The number of hydrogen-bond donors (Lipinski definition) is 2. The number of rotatable bonds is 3. The average Bonchev–Trinajstić information content (AvgIpc) is 3.09. The molecule has 0 saturated carbocycles. The van der Waals surface area contributed by atoms with Crippen LogP contribution in [0, 0.1) is 0 Å². The summed E-state index contributed by atoms with van der Waals surface area (Å²) >= 11 is 0. The molecule has 4 nitrogen and oxygen atoms in total. The van der Waals surface area contributed by atoms with Crippen LogP contribution in [0.4, 0.5) is 0 Å². The average molecular weight is 328 g/mol. The number of aromatic nitrogens is 2. The van der Waals surface area contributed by atoms with E-state index in [0.717, 1.165) is 28.2 Å². The van der Waals surface area contributed by atoms with Gasteiger partial charge in [0.05, 0.1) is 17.1 Å². The number of phenolic OH excluding ortho intramolecular Hbond substituents is 2. The first-order valence-corrected chi connectivity index (χ1v) is 7.95. The van der Waals surface area contributed by atoms with E-state index in [2.05, 4.69) is 0 Å². The van der Waals surface area contributed by atoms with Gasteiger partial charge < -0.3 is 10.2 Å². The first-order valence-electron chi connectivity index (χ1n) is 7.95. The van der Waals surface area contributed by atoms with E-state index in [4.69, 9.17) is 5.10 Å². The fourth-order valence-electron chi connectivity index (χ4n) is 2.76. The van der Waals surface area contributed by atoms with Crippen LogP contribution in [0.15, 0.2) is 84.9 Å². The van der Waals surface area contributed by atoms with Crippen LogP contribution in [0.2, 0.25) is 0 Å². The molecule has 25 heavy (non-hydrogen) atoms. The standard InChI is InChI=1S/C21H16N2O2/c24-18-10-6-15(7-11-18)20-14-21(16-8-12-19(25)13-9-16)23(22-20)17-4-2-1-3-5-17/h1-14,24-25H. The van der Waals surface area contributed by atoms with Gasteiger partial charge in [-0.1, -0.05) is 18.2 Å². The van der Waals surface area contributed by atoms with Gasteiger partial charge in [-0.25, -0.2) is 4.68 Å². The summed E-state index contributed by atoms with van der Waals surface area (Å²) in [5.74, 6) is 0.457. The summed E-state index contributed by atoms with van der Waals surface area (Å²) in [7, 11) is 0. The smallest absolute Gasteiger partial charge is 0.115 e. The van der Waals surface area contributed by atoms with Crippen molar-refractivity contribution in [2.45, 2.75) is 0 Å². The van der Waals surface area contributed by atoms with Gasteiger partial charge in [0.25, 0.3) is 0 Å². The molecule has 0 aliphatic heterocycles. The Kier molecular flexibility index (Phi) is 3.71. The largest absolute Gasteiger partial charge is 0.508 e. The topological polar surface area (TPSA) is 58.3 Å². The van der Waals surface area contributed by atoms with Gasteiger partial charge in [0.1, 0.15) is 11.5 Å². The van der Waals surface area contributed by atoms with Crippen molar-refractivity contribution in [3.8, 4) is 39.7 Å². The van der Waals surface area contributed by atoms with Crippen LogP contribution >= 0.6 is 0 Å². The maximum atomic E-state index is 9.55. The highest BCUT2D eigenvalue weighted by atomic mass is 16.3. The lowest BCUT2D eigenvalue weighted by atomic mass is 10.1. The molecule has 0 unspecified atom stereocenters. The van der Waals surface area contributed by atoms with E-state index in [1.807, 2.05) is 65.3 Å². The van der Waals surface area contributed by atoms with Crippen LogP contribution in [0.1, 0.15) is 0 Å². The molecule has 0 amide bonds. The van der Waals surface area contributed by atoms with Gasteiger partial charge in [-0.05, 0) is 66.7 Å². The van der Waals surface area contributed by atoms with Gasteiger partial charge in [-0.3, -0.25) is 0 Å². The molecule has 4 heteroatoms. The number of hydrogen-bond acceptors (Lipinski definition) is 3. The lowest BCUT2D eigenvalue weighted by Gasteiger charge is -2.07. The maximum Gasteiger partial charge on any atom is 0.115 e. The lowest BCUT2D eigenvalue weighted by molar-refractivity contribution is 0.475. The molecule has 0 saturated heterocycles. The monoisotopic (exact) mass is 328 g/mol. The molecule has 4 aromatic rings. The van der Waals surface area contributed by atoms with Crippen molar-refractivity contribution in [3.05, 3.63) is 84.9 Å². The highest BCUT2D eigenvalue weighted by Gasteiger charge is 2.13. The third kappa shape index (κ3) is 2.97. The Bertz CT molecular complexity index is 989. The van der Waals surface area contributed by atoms with E-state index >= 15 is 0 Å². The van der Waals surface area contributed by atoms with Gasteiger partial charge in [0, 0.05) is 11.1 Å². The van der Waals surface area contributed by atoms with E-state index in [1.165, 1.54) is 0 Å². The molecule has 0 fully saturated rings. The molecule has 0 atom stereocenters. The second-order valence-corrected chi connectivity index (χ2v) is 5.76. The van der Waals surface area contributed by atoms with Crippen LogP contribution in [0.3, 0.4) is 0 Å². The summed E-state index contributed by atoms with van der Waals surface area (Å²) < 4.78 is 1.88. The Labute approximate surface area is 145 Å². The third-order valence-corrected chi connectivity index (χ3v) is 4.04. The van der Waals surface area contributed by atoms with Gasteiger partial charge in [-0.15, -0.1) is 0 Å². The third-order valence-electron chi connectivity index (χ3n) is 4.04. The fourth-order valence-corrected chi connectivity index (χ4v) is 2.76. The maximum absolute atomic E-state index is 9.55. The Balaban J connectivity index is 1.89. The predicted octanol–water partition coefficient (Wildman–Crippen LogP) is 4.62. The van der Waals surface area contributed by atoms with Gasteiger partial charge in [0.15, 0.2) is 0 Å². The van der Waals surface area contributed by atoms with Crippen molar-refractivity contribution < 1.29 is 10.2 Å². The summed E-state index contributed by atoms with van der Waals surface area (Å²) in [5.41, 5.74) is 4.57. The molecular weight excluding hydrogens is 312 g/mol. The van der Waals surface area contributed by atoms with E-state index in [0.29, 0.717) is 0 Å². The van der Waals surface area contributed by atoms with Crippen molar-refractivity contribution >= 4 is 0 Å². The Hall–Kier alpha value is -3.53. The molecule has 122 valence electrons. The minimum atomic E-state index is 0.227. The second kappa shape index (κ2) is 6.17. The number of para-hydroxylation sites is 1. The van der Waals surface area contributed by atoms with Gasteiger partial charge in [-0.2, -0.15) is 5.10 Å². The van der Waals surface area contributed by atoms with Crippen LogP contribution in [0.5, 0.6) is 11.5 Å². The highest BCUT2D eigenvalue weighted by Crippen LogP contribution is 2.30. The number of nitrogens with zero attached hydrogens (tertiary/aromatic N) is 2. The first kappa shape index (κ1) is 15.0. The summed E-state index contributed by atoms with van der Waals surface area (Å²) in [6.07, 6.45) is 0. The predicted molar refractivity (Wildman–Crippen MR) is 97.8 cm³/mol. The number of phenols is 2. The second-order valence-electron chi connectivity index (χ2n) is 5.76. The summed E-state index contributed by atoms with van der Waals surface area (Å²) in [6, 6.07) is 26.0. The van der Waals surface area contributed by atoms with Crippen molar-refractivity contribution in [1.29, 1.82) is 0 Å². The van der Waals surface area contributed by atoms with Crippen LogP contribution in [-0.4, -0.2) is 20.0 Å². The van der Waals surface area contributed by atoms with Crippen LogP contribution < -0.4 is 0 Å². The molecule has 0 aliphatic carbocycles. The molecule has 0 radical (unpaired) electrons. The minimum absolute atomic E-state index is 0.227. The quantitative estimate of drug-likeness (QED) is 0.577.